The van der Waals surface area contributed by atoms with Crippen molar-refractivity contribution in [3.63, 3.8) is 0 Å². The van der Waals surface area contributed by atoms with Crippen LogP contribution < -0.4 is 5.32 Å². The molecular weight excluding hydrogens is 232 g/mol. The lowest BCUT2D eigenvalue weighted by atomic mass is 10.4. The maximum Gasteiger partial charge on any atom is 0.240 e. The Morgan fingerprint density at radius 1 is 1.28 bits per heavy atom. The van der Waals surface area contributed by atoms with Crippen LogP contribution in [-0.2, 0) is 0 Å². The van der Waals surface area contributed by atoms with Crippen molar-refractivity contribution in [2.75, 3.05) is 12.4 Å². The lowest BCUT2D eigenvalue weighted by Gasteiger charge is -2.05. The summed E-state index contributed by atoms with van der Waals surface area (Å²) in [4.78, 5) is 16.8. The number of furan rings is 1. The molecule has 0 unspecified atom stereocenters. The predicted molar refractivity (Wildman–Crippen MR) is 64.2 cm³/mol. The van der Waals surface area contributed by atoms with Gasteiger partial charge in [-0.1, -0.05) is 0 Å². The third-order valence-electron chi connectivity index (χ3n) is 2.32. The summed E-state index contributed by atoms with van der Waals surface area (Å²) in [5.41, 5.74) is 0. The molecular formula is C11H10N6O. The highest BCUT2D eigenvalue weighted by atomic mass is 16.3. The predicted octanol–water partition coefficient (Wildman–Crippen LogP) is 1.36. The Morgan fingerprint density at radius 2 is 2.22 bits per heavy atom. The SMILES string of the molecule is CNc1nc(-c2ccco2)nc(-n2ccnc2)n1. The van der Waals surface area contributed by atoms with E-state index in [1.807, 2.05) is 0 Å². The van der Waals surface area contributed by atoms with Gasteiger partial charge in [-0.05, 0) is 12.1 Å². The molecule has 3 heterocycles. The van der Waals surface area contributed by atoms with Crippen molar-refractivity contribution in [1.82, 2.24) is 24.5 Å². The van der Waals surface area contributed by atoms with Crippen molar-refractivity contribution in [2.24, 2.45) is 0 Å². The molecule has 0 bridgehead atoms. The van der Waals surface area contributed by atoms with Crippen molar-refractivity contribution >= 4 is 5.95 Å². The van der Waals surface area contributed by atoms with E-state index < -0.39 is 0 Å². The third-order valence-corrected chi connectivity index (χ3v) is 2.32. The van der Waals surface area contributed by atoms with Crippen LogP contribution in [0.5, 0.6) is 0 Å². The van der Waals surface area contributed by atoms with Crippen molar-refractivity contribution in [1.29, 1.82) is 0 Å². The second-order valence-corrected chi connectivity index (χ2v) is 3.48. The van der Waals surface area contributed by atoms with Crippen LogP contribution in [0.3, 0.4) is 0 Å². The molecule has 90 valence electrons. The Hall–Kier alpha value is -2.70. The minimum absolute atomic E-state index is 0.472. The Morgan fingerprint density at radius 3 is 2.89 bits per heavy atom. The Bertz CT molecular complexity index is 579. The van der Waals surface area contributed by atoms with Crippen LogP contribution in [0.25, 0.3) is 17.5 Å². The van der Waals surface area contributed by atoms with Gasteiger partial charge in [0.25, 0.3) is 0 Å². The molecule has 0 radical (unpaired) electrons. The van der Waals surface area contributed by atoms with Crippen LogP contribution in [0.4, 0.5) is 5.95 Å². The minimum atomic E-state index is 0.472. The Balaban J connectivity index is 2.13. The van der Waals surface area contributed by atoms with Gasteiger partial charge in [-0.3, -0.25) is 4.57 Å². The van der Waals surface area contributed by atoms with Gasteiger partial charge in [-0.25, -0.2) is 4.98 Å². The van der Waals surface area contributed by atoms with Crippen molar-refractivity contribution < 1.29 is 4.42 Å². The average molecular weight is 242 g/mol. The van der Waals surface area contributed by atoms with Crippen molar-refractivity contribution in [2.45, 2.75) is 0 Å². The smallest absolute Gasteiger partial charge is 0.240 e. The molecule has 7 nitrogen and oxygen atoms in total. The quantitative estimate of drug-likeness (QED) is 0.746. The topological polar surface area (TPSA) is 81.7 Å². The first-order chi connectivity index (χ1) is 8.86. The van der Waals surface area contributed by atoms with Crippen molar-refractivity contribution in [3.8, 4) is 17.5 Å². The minimum Gasteiger partial charge on any atom is -0.461 e. The fourth-order valence-corrected chi connectivity index (χ4v) is 1.49. The molecule has 18 heavy (non-hydrogen) atoms. The maximum absolute atomic E-state index is 5.29. The molecule has 0 aliphatic carbocycles. The first kappa shape index (κ1) is 10.5. The molecule has 1 N–H and O–H groups in total. The number of imidazole rings is 1. The van der Waals surface area contributed by atoms with E-state index in [1.54, 1.807) is 48.7 Å². The van der Waals surface area contributed by atoms with Gasteiger partial charge in [0.2, 0.25) is 17.7 Å². The highest BCUT2D eigenvalue weighted by molar-refractivity contribution is 5.49. The summed E-state index contributed by atoms with van der Waals surface area (Å²) in [7, 11) is 1.75. The first-order valence-electron chi connectivity index (χ1n) is 5.33. The number of hydrogen-bond donors (Lipinski definition) is 1. The van der Waals surface area contributed by atoms with Gasteiger partial charge in [0.1, 0.15) is 6.33 Å². The van der Waals surface area contributed by atoms with E-state index in [2.05, 4.69) is 25.3 Å². The number of aromatic nitrogens is 5. The lowest BCUT2D eigenvalue weighted by Crippen LogP contribution is -2.06. The fourth-order valence-electron chi connectivity index (χ4n) is 1.49. The second-order valence-electron chi connectivity index (χ2n) is 3.48. The number of nitrogens with one attached hydrogen (secondary N) is 1. The van der Waals surface area contributed by atoms with Gasteiger partial charge < -0.3 is 9.73 Å². The van der Waals surface area contributed by atoms with Gasteiger partial charge in [-0.15, -0.1) is 0 Å². The summed E-state index contributed by atoms with van der Waals surface area (Å²) in [5, 5.41) is 2.89. The van der Waals surface area contributed by atoms with Crippen LogP contribution >= 0.6 is 0 Å². The molecule has 0 atom stereocenters. The van der Waals surface area contributed by atoms with Crippen LogP contribution in [0.15, 0.2) is 41.5 Å². The average Bonchev–Trinajstić information content (AvgIpc) is 3.10. The largest absolute Gasteiger partial charge is 0.461 e. The standard InChI is InChI=1S/C11H10N6O/c1-12-10-14-9(8-3-2-6-18-8)15-11(16-10)17-5-4-13-7-17/h2-7H,1H3,(H,12,14,15,16). The molecule has 0 aliphatic rings. The number of hydrogen-bond acceptors (Lipinski definition) is 6. The highest BCUT2D eigenvalue weighted by Gasteiger charge is 2.10. The summed E-state index contributed by atoms with van der Waals surface area (Å²) < 4.78 is 6.99. The van der Waals surface area contributed by atoms with E-state index >= 15 is 0 Å². The van der Waals surface area contributed by atoms with E-state index in [0.717, 1.165) is 0 Å². The normalized spacial score (nSPS) is 10.5. The van der Waals surface area contributed by atoms with Crippen LogP contribution in [0.1, 0.15) is 0 Å². The van der Waals surface area contributed by atoms with Crippen LogP contribution in [-0.4, -0.2) is 31.6 Å². The summed E-state index contributed by atoms with van der Waals surface area (Å²) >= 11 is 0. The maximum atomic E-state index is 5.29. The molecule has 0 aliphatic heterocycles. The second kappa shape index (κ2) is 4.28. The van der Waals surface area contributed by atoms with Crippen LogP contribution in [0.2, 0.25) is 0 Å². The molecule has 0 amide bonds. The van der Waals surface area contributed by atoms with Gasteiger partial charge in [0, 0.05) is 19.4 Å². The third kappa shape index (κ3) is 1.81. The van der Waals surface area contributed by atoms with E-state index in [1.165, 1.54) is 0 Å². The first-order valence-corrected chi connectivity index (χ1v) is 5.33. The zero-order valence-corrected chi connectivity index (χ0v) is 9.61. The molecule has 0 spiro atoms. The molecule has 0 saturated carbocycles. The molecule has 3 aromatic heterocycles. The molecule has 7 heteroatoms. The molecule has 3 aromatic rings. The molecule has 0 saturated heterocycles. The van der Waals surface area contributed by atoms with Gasteiger partial charge in [0.05, 0.1) is 6.26 Å². The van der Waals surface area contributed by atoms with E-state index in [4.69, 9.17) is 4.42 Å². The zero-order chi connectivity index (χ0) is 12.4. The van der Waals surface area contributed by atoms with Gasteiger partial charge >= 0.3 is 0 Å². The number of nitrogens with zero attached hydrogens (tertiary/aromatic N) is 5. The number of rotatable bonds is 3. The van der Waals surface area contributed by atoms with E-state index in [-0.39, 0.29) is 0 Å². The monoisotopic (exact) mass is 242 g/mol. The van der Waals surface area contributed by atoms with E-state index in [9.17, 15) is 0 Å². The van der Waals surface area contributed by atoms with Crippen LogP contribution in [0, 0.1) is 0 Å². The lowest BCUT2D eigenvalue weighted by molar-refractivity contribution is 0.576. The van der Waals surface area contributed by atoms with Gasteiger partial charge in [-0.2, -0.15) is 15.0 Å². The highest BCUT2D eigenvalue weighted by Crippen LogP contribution is 2.17. The molecule has 3 rings (SSSR count). The Kier molecular flexibility index (Phi) is 2.49. The fraction of sp³-hybridized carbons (Fsp3) is 0.0909. The summed E-state index contributed by atoms with van der Waals surface area (Å²) in [6, 6.07) is 3.58. The number of anilines is 1. The van der Waals surface area contributed by atoms with Crippen molar-refractivity contribution in [3.05, 3.63) is 37.1 Å². The van der Waals surface area contributed by atoms with Gasteiger partial charge in [0.15, 0.2) is 5.76 Å². The summed E-state index contributed by atoms with van der Waals surface area (Å²) in [6.07, 6.45) is 6.63. The zero-order valence-electron chi connectivity index (χ0n) is 9.61. The molecule has 0 aromatic carbocycles. The molecule has 0 fully saturated rings. The summed E-state index contributed by atoms with van der Waals surface area (Å²) in [5.74, 6) is 2.02. The summed E-state index contributed by atoms with van der Waals surface area (Å²) in [6.45, 7) is 0. The van der Waals surface area contributed by atoms with E-state index in [0.29, 0.717) is 23.5 Å². The Labute approximate surface area is 103 Å².